The van der Waals surface area contributed by atoms with E-state index in [9.17, 15) is 0 Å². The summed E-state index contributed by atoms with van der Waals surface area (Å²) in [7, 11) is 2.34. The van der Waals surface area contributed by atoms with Crippen LogP contribution in [0.5, 0.6) is 0 Å². The van der Waals surface area contributed by atoms with Crippen LogP contribution in [0.15, 0.2) is 0 Å². The van der Waals surface area contributed by atoms with Gasteiger partial charge in [0.2, 0.25) is 0 Å². The number of fused-ring (bicyclic) bond motifs is 2. The third-order valence-electron chi connectivity index (χ3n) is 6.81. The van der Waals surface area contributed by atoms with Gasteiger partial charge >= 0.3 is 0 Å². The number of hydrogen-bond donors (Lipinski definition) is 1. The zero-order chi connectivity index (χ0) is 14.9. The van der Waals surface area contributed by atoms with Crippen molar-refractivity contribution in [2.75, 3.05) is 26.7 Å². The average molecular weight is 293 g/mol. The lowest BCUT2D eigenvalue weighted by molar-refractivity contribution is 0.00215. The van der Waals surface area contributed by atoms with Gasteiger partial charge in [-0.1, -0.05) is 19.8 Å². The molecule has 3 fully saturated rings. The molecule has 3 nitrogen and oxygen atoms in total. The van der Waals surface area contributed by atoms with Gasteiger partial charge in [0.1, 0.15) is 0 Å². The monoisotopic (exact) mass is 293 g/mol. The summed E-state index contributed by atoms with van der Waals surface area (Å²) in [5, 5.41) is 0. The van der Waals surface area contributed by atoms with Crippen molar-refractivity contribution in [3.63, 3.8) is 0 Å². The van der Waals surface area contributed by atoms with Crippen LogP contribution in [0.1, 0.15) is 64.7 Å². The van der Waals surface area contributed by atoms with Crippen molar-refractivity contribution in [2.45, 2.75) is 82.3 Å². The molecule has 3 heteroatoms. The Balaban J connectivity index is 1.69. The molecule has 3 unspecified atom stereocenters. The molecule has 2 bridgehead atoms. The molecular formula is C18H35N3. The Morgan fingerprint density at radius 3 is 2.38 bits per heavy atom. The molecule has 0 saturated carbocycles. The van der Waals surface area contributed by atoms with Crippen LogP contribution < -0.4 is 5.73 Å². The number of nitrogens with zero attached hydrogens (tertiary/aromatic N) is 2. The molecule has 0 spiro atoms. The minimum absolute atomic E-state index is 0.319. The second-order valence-electron chi connectivity index (χ2n) is 7.96. The predicted octanol–water partition coefficient (Wildman–Crippen LogP) is 2.84. The highest BCUT2D eigenvalue weighted by atomic mass is 15.3. The molecule has 3 rings (SSSR count). The molecule has 0 aromatic rings. The fourth-order valence-corrected chi connectivity index (χ4v) is 5.43. The van der Waals surface area contributed by atoms with Crippen molar-refractivity contribution < 1.29 is 0 Å². The molecule has 2 N–H and O–H groups in total. The van der Waals surface area contributed by atoms with Crippen LogP contribution in [0.2, 0.25) is 0 Å². The zero-order valence-electron chi connectivity index (χ0n) is 14.2. The Kier molecular flexibility index (Phi) is 4.92. The molecule has 0 amide bonds. The number of nitrogens with two attached hydrogens (primary N) is 1. The minimum Gasteiger partial charge on any atom is -0.329 e. The summed E-state index contributed by atoms with van der Waals surface area (Å²) >= 11 is 0. The lowest BCUT2D eigenvalue weighted by Crippen LogP contribution is -2.62. The Bertz CT molecular complexity index is 329. The molecule has 3 atom stereocenters. The molecule has 3 aliphatic rings. The summed E-state index contributed by atoms with van der Waals surface area (Å²) in [6, 6.07) is 1.59. The smallest absolute Gasteiger partial charge is 0.0361 e. The first-order valence-corrected chi connectivity index (χ1v) is 9.35. The number of likely N-dealkylation sites (tertiary alicyclic amines) is 1. The van der Waals surface area contributed by atoms with Crippen molar-refractivity contribution in [1.82, 2.24) is 9.80 Å². The van der Waals surface area contributed by atoms with Gasteiger partial charge in [-0.05, 0) is 71.0 Å². The number of hydrogen-bond acceptors (Lipinski definition) is 3. The minimum atomic E-state index is 0.319. The average Bonchev–Trinajstić information content (AvgIpc) is 2.71. The fraction of sp³-hybridized carbons (Fsp3) is 1.00. The SMILES string of the molecule is CCCC1CCCN(C2(CN)CC3CCC(C2)N3C)CC1. The van der Waals surface area contributed by atoms with E-state index in [2.05, 4.69) is 23.8 Å². The van der Waals surface area contributed by atoms with Crippen molar-refractivity contribution >= 4 is 0 Å². The Morgan fingerprint density at radius 2 is 1.76 bits per heavy atom. The van der Waals surface area contributed by atoms with Crippen LogP contribution in [0.25, 0.3) is 0 Å². The molecule has 21 heavy (non-hydrogen) atoms. The van der Waals surface area contributed by atoms with Crippen LogP contribution in [0.3, 0.4) is 0 Å². The van der Waals surface area contributed by atoms with Gasteiger partial charge in [0.15, 0.2) is 0 Å². The normalized spacial score (nSPS) is 42.1. The topological polar surface area (TPSA) is 32.5 Å². The van der Waals surface area contributed by atoms with E-state index in [1.54, 1.807) is 0 Å². The second kappa shape index (κ2) is 6.55. The molecule has 3 aliphatic heterocycles. The fourth-order valence-electron chi connectivity index (χ4n) is 5.43. The molecule has 122 valence electrons. The lowest BCUT2D eigenvalue weighted by Gasteiger charge is -2.51. The molecule has 3 saturated heterocycles. The maximum absolute atomic E-state index is 6.35. The van der Waals surface area contributed by atoms with E-state index in [0.29, 0.717) is 5.54 Å². The van der Waals surface area contributed by atoms with Gasteiger partial charge in [-0.3, -0.25) is 4.90 Å². The summed E-state index contributed by atoms with van der Waals surface area (Å²) < 4.78 is 0. The Morgan fingerprint density at radius 1 is 1.05 bits per heavy atom. The van der Waals surface area contributed by atoms with E-state index in [1.165, 1.54) is 70.9 Å². The van der Waals surface area contributed by atoms with Crippen molar-refractivity contribution in [2.24, 2.45) is 11.7 Å². The Hall–Kier alpha value is -0.120. The summed E-state index contributed by atoms with van der Waals surface area (Å²) in [6.07, 6.45) is 12.4. The summed E-state index contributed by atoms with van der Waals surface area (Å²) in [5.74, 6) is 0.970. The second-order valence-corrected chi connectivity index (χ2v) is 7.96. The first-order valence-electron chi connectivity index (χ1n) is 9.35. The highest BCUT2D eigenvalue weighted by Crippen LogP contribution is 2.43. The van der Waals surface area contributed by atoms with Gasteiger partial charge in [-0.15, -0.1) is 0 Å². The van der Waals surface area contributed by atoms with Gasteiger partial charge in [0.25, 0.3) is 0 Å². The van der Waals surface area contributed by atoms with E-state index >= 15 is 0 Å². The molecule has 3 heterocycles. The predicted molar refractivity (Wildman–Crippen MR) is 89.4 cm³/mol. The lowest BCUT2D eigenvalue weighted by atomic mass is 9.81. The molecule has 0 aliphatic carbocycles. The third-order valence-corrected chi connectivity index (χ3v) is 6.81. The number of piperidine rings is 1. The largest absolute Gasteiger partial charge is 0.329 e. The van der Waals surface area contributed by atoms with Gasteiger partial charge < -0.3 is 10.6 Å². The van der Waals surface area contributed by atoms with Gasteiger partial charge in [0.05, 0.1) is 0 Å². The highest BCUT2D eigenvalue weighted by Gasteiger charge is 2.49. The maximum Gasteiger partial charge on any atom is 0.0361 e. The van der Waals surface area contributed by atoms with Gasteiger partial charge in [-0.25, -0.2) is 0 Å². The van der Waals surface area contributed by atoms with Crippen LogP contribution in [0, 0.1) is 5.92 Å². The van der Waals surface area contributed by atoms with Crippen LogP contribution in [-0.2, 0) is 0 Å². The molecule has 0 aromatic heterocycles. The van der Waals surface area contributed by atoms with E-state index < -0.39 is 0 Å². The molecular weight excluding hydrogens is 258 g/mol. The highest BCUT2D eigenvalue weighted by molar-refractivity contribution is 5.06. The maximum atomic E-state index is 6.35. The third kappa shape index (κ3) is 3.02. The number of rotatable bonds is 4. The van der Waals surface area contributed by atoms with E-state index in [4.69, 9.17) is 5.73 Å². The Labute approximate surface area is 131 Å². The van der Waals surface area contributed by atoms with Crippen LogP contribution >= 0.6 is 0 Å². The first-order chi connectivity index (χ1) is 10.2. The zero-order valence-corrected chi connectivity index (χ0v) is 14.2. The van der Waals surface area contributed by atoms with E-state index in [1.807, 2.05) is 0 Å². The van der Waals surface area contributed by atoms with Crippen LogP contribution in [-0.4, -0.2) is 54.1 Å². The first kappa shape index (κ1) is 15.8. The van der Waals surface area contributed by atoms with E-state index in [0.717, 1.165) is 24.5 Å². The van der Waals surface area contributed by atoms with E-state index in [-0.39, 0.29) is 0 Å². The van der Waals surface area contributed by atoms with Gasteiger partial charge in [-0.2, -0.15) is 0 Å². The van der Waals surface area contributed by atoms with Crippen molar-refractivity contribution in [1.29, 1.82) is 0 Å². The quantitative estimate of drug-likeness (QED) is 0.865. The van der Waals surface area contributed by atoms with Gasteiger partial charge in [0, 0.05) is 24.2 Å². The summed E-state index contributed by atoms with van der Waals surface area (Å²) in [5.41, 5.74) is 6.67. The molecule has 0 radical (unpaired) electrons. The standard InChI is InChI=1S/C18H35N3/c1-3-5-15-6-4-10-21(11-9-15)18(14-19)12-16-7-8-17(13-18)20(16)2/h15-17H,3-14,19H2,1-2H3. The molecule has 0 aromatic carbocycles. The summed E-state index contributed by atoms with van der Waals surface area (Å²) in [6.45, 7) is 5.79. The van der Waals surface area contributed by atoms with Crippen molar-refractivity contribution in [3.8, 4) is 0 Å². The van der Waals surface area contributed by atoms with Crippen molar-refractivity contribution in [3.05, 3.63) is 0 Å². The summed E-state index contributed by atoms with van der Waals surface area (Å²) in [4.78, 5) is 5.46. The van der Waals surface area contributed by atoms with Crippen LogP contribution in [0.4, 0.5) is 0 Å².